The highest BCUT2D eigenvalue weighted by molar-refractivity contribution is 7.89. The highest BCUT2D eigenvalue weighted by Gasteiger charge is 2.60. The zero-order valence-electron chi connectivity index (χ0n) is 14.6. The second-order valence-electron chi connectivity index (χ2n) is 7.37. The van der Waals surface area contributed by atoms with Crippen molar-refractivity contribution < 1.29 is 12.9 Å². The molecule has 3 aromatic rings. The van der Waals surface area contributed by atoms with Crippen LogP contribution in [0.25, 0.3) is 11.3 Å². The van der Waals surface area contributed by atoms with Gasteiger partial charge in [0.2, 0.25) is 10.0 Å². The minimum Gasteiger partial charge on any atom is -0.360 e. The molecule has 26 heavy (non-hydrogen) atoms. The van der Waals surface area contributed by atoms with Crippen LogP contribution in [0.5, 0.6) is 0 Å². The van der Waals surface area contributed by atoms with Crippen LogP contribution in [-0.4, -0.2) is 13.6 Å². The Morgan fingerprint density at radius 2 is 1.65 bits per heavy atom. The lowest BCUT2D eigenvalue weighted by Crippen LogP contribution is -2.11. The highest BCUT2D eigenvalue weighted by atomic mass is 32.2. The van der Waals surface area contributed by atoms with Gasteiger partial charge in [-0.3, -0.25) is 0 Å². The van der Waals surface area contributed by atoms with Crippen LogP contribution in [0.3, 0.4) is 0 Å². The zero-order valence-corrected chi connectivity index (χ0v) is 15.4. The third kappa shape index (κ3) is 2.85. The van der Waals surface area contributed by atoms with E-state index in [0.717, 1.165) is 22.6 Å². The third-order valence-corrected chi connectivity index (χ3v) is 6.23. The molecule has 1 heterocycles. The molecule has 1 aliphatic rings. The Bertz CT molecular complexity index is 1040. The number of nitrogens with zero attached hydrogens (tertiary/aromatic N) is 1. The van der Waals surface area contributed by atoms with Crippen LogP contribution in [0.4, 0.5) is 0 Å². The normalized spacial score (nSPS) is 21.5. The van der Waals surface area contributed by atoms with E-state index >= 15 is 0 Å². The number of benzene rings is 2. The fourth-order valence-electron chi connectivity index (χ4n) is 3.84. The number of aromatic nitrogens is 1. The van der Waals surface area contributed by atoms with E-state index in [2.05, 4.69) is 19.0 Å². The molecule has 4 rings (SSSR count). The van der Waals surface area contributed by atoms with Crippen LogP contribution < -0.4 is 5.14 Å². The van der Waals surface area contributed by atoms with Crippen LogP contribution in [-0.2, 0) is 10.0 Å². The summed E-state index contributed by atoms with van der Waals surface area (Å²) in [6.45, 7) is 4.36. The predicted molar refractivity (Wildman–Crippen MR) is 99.0 cm³/mol. The van der Waals surface area contributed by atoms with E-state index in [9.17, 15) is 8.42 Å². The summed E-state index contributed by atoms with van der Waals surface area (Å²) in [5, 5.41) is 9.39. The molecule has 1 aromatic heterocycles. The lowest BCUT2D eigenvalue weighted by molar-refractivity contribution is 0.375. The SMILES string of the molecule is CC1(C)C(c2ccc(S(N)(=O)=O)cc2)[C@H]1c1cc(-c2ccccc2)no1. The van der Waals surface area contributed by atoms with Gasteiger partial charge in [-0.2, -0.15) is 0 Å². The van der Waals surface area contributed by atoms with Gasteiger partial charge in [0.05, 0.1) is 4.90 Å². The predicted octanol–water partition coefficient (Wildman–Crippen LogP) is 3.90. The minimum atomic E-state index is -3.68. The summed E-state index contributed by atoms with van der Waals surface area (Å²) in [5.74, 6) is 1.30. The van der Waals surface area contributed by atoms with Crippen LogP contribution in [0.1, 0.15) is 37.0 Å². The van der Waals surface area contributed by atoms with Crippen molar-refractivity contribution in [3.8, 4) is 11.3 Å². The van der Waals surface area contributed by atoms with Crippen LogP contribution in [0.15, 0.2) is 70.1 Å². The van der Waals surface area contributed by atoms with Gasteiger partial charge in [-0.05, 0) is 23.1 Å². The van der Waals surface area contributed by atoms with Crippen molar-refractivity contribution in [3.63, 3.8) is 0 Å². The standard InChI is InChI=1S/C20H20N2O3S/c1-20(2)18(14-8-10-15(11-9-14)26(21,23)24)19(20)17-12-16(22-25-17)13-6-4-3-5-7-13/h3-12,18-19H,1-2H3,(H2,21,23,24)/t18?,19-/m1/s1. The molecule has 5 nitrogen and oxygen atoms in total. The molecule has 0 spiro atoms. The topological polar surface area (TPSA) is 86.2 Å². The molecule has 0 radical (unpaired) electrons. The molecule has 134 valence electrons. The Hall–Kier alpha value is -2.44. The van der Waals surface area contributed by atoms with E-state index in [-0.39, 0.29) is 22.1 Å². The molecule has 6 heteroatoms. The van der Waals surface area contributed by atoms with E-state index in [4.69, 9.17) is 9.66 Å². The third-order valence-electron chi connectivity index (χ3n) is 5.30. The summed E-state index contributed by atoms with van der Waals surface area (Å²) in [7, 11) is -3.68. The molecule has 1 fully saturated rings. The molecule has 0 aliphatic heterocycles. The van der Waals surface area contributed by atoms with Gasteiger partial charge in [0, 0.05) is 23.5 Å². The lowest BCUT2D eigenvalue weighted by atomic mass is 10.0. The number of hydrogen-bond donors (Lipinski definition) is 1. The van der Waals surface area contributed by atoms with E-state index < -0.39 is 10.0 Å². The first kappa shape index (κ1) is 17.0. The molecule has 0 saturated heterocycles. The van der Waals surface area contributed by atoms with Gasteiger partial charge in [-0.25, -0.2) is 13.6 Å². The Morgan fingerprint density at radius 1 is 1.00 bits per heavy atom. The van der Waals surface area contributed by atoms with Crippen molar-refractivity contribution in [1.82, 2.24) is 5.16 Å². The summed E-state index contributed by atoms with van der Waals surface area (Å²) in [6, 6.07) is 18.7. The van der Waals surface area contributed by atoms with Gasteiger partial charge in [-0.1, -0.05) is 61.5 Å². The number of hydrogen-bond acceptors (Lipinski definition) is 4. The van der Waals surface area contributed by atoms with Gasteiger partial charge in [0.25, 0.3) is 0 Å². The van der Waals surface area contributed by atoms with Crippen molar-refractivity contribution >= 4 is 10.0 Å². The lowest BCUT2D eigenvalue weighted by Gasteiger charge is -2.04. The summed E-state index contributed by atoms with van der Waals surface area (Å²) >= 11 is 0. The number of nitrogens with two attached hydrogens (primary N) is 1. The van der Waals surface area contributed by atoms with Crippen molar-refractivity contribution in [2.24, 2.45) is 10.6 Å². The molecular weight excluding hydrogens is 348 g/mol. The van der Waals surface area contributed by atoms with Crippen molar-refractivity contribution in [3.05, 3.63) is 72.0 Å². The Labute approximate surface area is 152 Å². The van der Waals surface area contributed by atoms with Crippen molar-refractivity contribution in [2.75, 3.05) is 0 Å². The largest absolute Gasteiger partial charge is 0.360 e. The Kier molecular flexibility index (Phi) is 3.78. The maximum Gasteiger partial charge on any atom is 0.238 e. The molecule has 0 bridgehead atoms. The Morgan fingerprint density at radius 3 is 2.27 bits per heavy atom. The molecule has 1 aliphatic carbocycles. The summed E-state index contributed by atoms with van der Waals surface area (Å²) in [6.07, 6.45) is 0. The Balaban J connectivity index is 1.62. The highest BCUT2D eigenvalue weighted by Crippen LogP contribution is 2.70. The maximum atomic E-state index is 11.4. The van der Waals surface area contributed by atoms with Crippen molar-refractivity contribution in [2.45, 2.75) is 30.6 Å². The second-order valence-corrected chi connectivity index (χ2v) is 8.93. The zero-order chi connectivity index (χ0) is 18.5. The van der Waals surface area contributed by atoms with Crippen LogP contribution in [0, 0.1) is 5.41 Å². The average Bonchev–Trinajstić information content (AvgIpc) is 2.95. The van der Waals surface area contributed by atoms with Crippen molar-refractivity contribution in [1.29, 1.82) is 0 Å². The van der Waals surface area contributed by atoms with E-state index in [1.165, 1.54) is 0 Å². The van der Waals surface area contributed by atoms with Gasteiger partial charge in [0.15, 0.2) is 0 Å². The number of rotatable bonds is 4. The van der Waals surface area contributed by atoms with E-state index in [0.29, 0.717) is 0 Å². The first-order valence-electron chi connectivity index (χ1n) is 8.43. The molecule has 2 N–H and O–H groups in total. The summed E-state index contributed by atoms with van der Waals surface area (Å²) in [4.78, 5) is 0.127. The molecule has 1 saturated carbocycles. The number of primary sulfonamides is 1. The smallest absolute Gasteiger partial charge is 0.238 e. The maximum absolute atomic E-state index is 11.4. The second kappa shape index (κ2) is 5.79. The first-order chi connectivity index (χ1) is 12.3. The van der Waals surface area contributed by atoms with Gasteiger partial charge in [-0.15, -0.1) is 0 Å². The molecule has 0 amide bonds. The van der Waals surface area contributed by atoms with E-state index in [1.807, 2.05) is 48.5 Å². The quantitative estimate of drug-likeness (QED) is 0.757. The molecular formula is C20H20N2O3S. The van der Waals surface area contributed by atoms with Crippen LogP contribution >= 0.6 is 0 Å². The summed E-state index contributed by atoms with van der Waals surface area (Å²) < 4.78 is 28.5. The van der Waals surface area contributed by atoms with Crippen LogP contribution in [0.2, 0.25) is 0 Å². The van der Waals surface area contributed by atoms with E-state index in [1.54, 1.807) is 12.1 Å². The minimum absolute atomic E-state index is 0.0105. The van der Waals surface area contributed by atoms with Gasteiger partial charge < -0.3 is 4.52 Å². The first-order valence-corrected chi connectivity index (χ1v) is 9.98. The fourth-order valence-corrected chi connectivity index (χ4v) is 4.35. The molecule has 2 atom stereocenters. The monoisotopic (exact) mass is 368 g/mol. The fraction of sp³-hybridized carbons (Fsp3) is 0.250. The average molecular weight is 368 g/mol. The number of sulfonamides is 1. The van der Waals surface area contributed by atoms with Gasteiger partial charge >= 0.3 is 0 Å². The van der Waals surface area contributed by atoms with Gasteiger partial charge in [0.1, 0.15) is 11.5 Å². The summed E-state index contributed by atoms with van der Waals surface area (Å²) in [5.41, 5.74) is 2.93. The molecule has 1 unspecified atom stereocenters. The molecule has 2 aromatic carbocycles.